The van der Waals surface area contributed by atoms with Crippen molar-refractivity contribution in [2.24, 2.45) is 5.10 Å². The molecule has 0 spiro atoms. The fourth-order valence-electron chi connectivity index (χ4n) is 1.82. The van der Waals surface area contributed by atoms with Crippen molar-refractivity contribution in [2.75, 3.05) is 6.61 Å². The first-order valence-electron chi connectivity index (χ1n) is 7.51. The Morgan fingerprint density at radius 1 is 1.17 bits per heavy atom. The SMILES string of the molecule is CCCCOc1ccc(C=NNC(=O)c2ccc(Br)cc2)cc1. The van der Waals surface area contributed by atoms with Gasteiger partial charge < -0.3 is 4.74 Å². The average molecular weight is 375 g/mol. The molecule has 5 heteroatoms. The van der Waals surface area contributed by atoms with Crippen LogP contribution in [0.3, 0.4) is 0 Å². The van der Waals surface area contributed by atoms with Crippen molar-refractivity contribution >= 4 is 28.1 Å². The van der Waals surface area contributed by atoms with Crippen molar-refractivity contribution in [1.82, 2.24) is 5.43 Å². The van der Waals surface area contributed by atoms with E-state index in [2.05, 4.69) is 33.4 Å². The summed E-state index contributed by atoms with van der Waals surface area (Å²) in [6, 6.07) is 14.7. The number of hydrogen-bond acceptors (Lipinski definition) is 3. The molecule has 2 rings (SSSR count). The van der Waals surface area contributed by atoms with Crippen LogP contribution in [0.4, 0.5) is 0 Å². The van der Waals surface area contributed by atoms with E-state index in [9.17, 15) is 4.79 Å². The van der Waals surface area contributed by atoms with Gasteiger partial charge in [-0.25, -0.2) is 5.43 Å². The number of carbonyl (C=O) groups excluding carboxylic acids is 1. The van der Waals surface area contributed by atoms with Crippen molar-refractivity contribution in [3.63, 3.8) is 0 Å². The quantitative estimate of drug-likeness (QED) is 0.443. The maximum Gasteiger partial charge on any atom is 0.271 e. The van der Waals surface area contributed by atoms with Gasteiger partial charge in [-0.15, -0.1) is 0 Å². The number of halogens is 1. The summed E-state index contributed by atoms with van der Waals surface area (Å²) >= 11 is 3.33. The molecule has 0 bridgehead atoms. The molecule has 1 amide bonds. The lowest BCUT2D eigenvalue weighted by molar-refractivity contribution is 0.0955. The number of unbranched alkanes of at least 4 members (excludes halogenated alkanes) is 1. The number of rotatable bonds is 7. The van der Waals surface area contributed by atoms with Crippen LogP contribution in [0.15, 0.2) is 58.1 Å². The molecule has 0 radical (unpaired) electrons. The zero-order valence-corrected chi connectivity index (χ0v) is 14.5. The van der Waals surface area contributed by atoms with Crippen LogP contribution < -0.4 is 10.2 Å². The highest BCUT2D eigenvalue weighted by atomic mass is 79.9. The minimum atomic E-state index is -0.242. The summed E-state index contributed by atoms with van der Waals surface area (Å²) < 4.78 is 6.52. The minimum absolute atomic E-state index is 0.242. The van der Waals surface area contributed by atoms with E-state index in [1.165, 1.54) is 0 Å². The summed E-state index contributed by atoms with van der Waals surface area (Å²) in [6.07, 6.45) is 3.76. The monoisotopic (exact) mass is 374 g/mol. The molecule has 2 aromatic rings. The molecule has 120 valence electrons. The van der Waals surface area contributed by atoms with E-state index in [1.54, 1.807) is 18.3 Å². The second-order valence-electron chi connectivity index (χ2n) is 4.98. The molecule has 1 N–H and O–H groups in total. The largest absolute Gasteiger partial charge is 0.494 e. The summed E-state index contributed by atoms with van der Waals surface area (Å²) in [5.74, 6) is 0.600. The third-order valence-corrected chi connectivity index (χ3v) is 3.66. The van der Waals surface area contributed by atoms with Gasteiger partial charge in [0.15, 0.2) is 0 Å². The van der Waals surface area contributed by atoms with Gasteiger partial charge in [-0.05, 0) is 60.5 Å². The summed E-state index contributed by atoms with van der Waals surface area (Å²) in [5.41, 5.74) is 3.96. The molecule has 0 aliphatic carbocycles. The van der Waals surface area contributed by atoms with Crippen molar-refractivity contribution in [3.05, 3.63) is 64.1 Å². The van der Waals surface area contributed by atoms with Crippen molar-refractivity contribution in [1.29, 1.82) is 0 Å². The molecule has 0 aromatic heterocycles. The van der Waals surface area contributed by atoms with E-state index < -0.39 is 0 Å². The van der Waals surface area contributed by atoms with E-state index >= 15 is 0 Å². The summed E-state index contributed by atoms with van der Waals surface area (Å²) in [6.45, 7) is 2.86. The van der Waals surface area contributed by atoms with Gasteiger partial charge in [-0.3, -0.25) is 4.79 Å². The summed E-state index contributed by atoms with van der Waals surface area (Å²) in [4.78, 5) is 11.9. The molecule has 2 aromatic carbocycles. The molecule has 23 heavy (non-hydrogen) atoms. The van der Waals surface area contributed by atoms with Gasteiger partial charge in [-0.1, -0.05) is 29.3 Å². The maximum atomic E-state index is 11.9. The lowest BCUT2D eigenvalue weighted by Crippen LogP contribution is -2.17. The minimum Gasteiger partial charge on any atom is -0.494 e. The predicted molar refractivity (Wildman–Crippen MR) is 96.0 cm³/mol. The van der Waals surface area contributed by atoms with E-state index in [0.29, 0.717) is 5.56 Å². The highest BCUT2D eigenvalue weighted by molar-refractivity contribution is 9.10. The Morgan fingerprint density at radius 2 is 1.87 bits per heavy atom. The zero-order valence-electron chi connectivity index (χ0n) is 13.0. The van der Waals surface area contributed by atoms with Crippen LogP contribution in [0.5, 0.6) is 5.75 Å². The molecule has 0 heterocycles. The highest BCUT2D eigenvalue weighted by Gasteiger charge is 2.02. The normalized spacial score (nSPS) is 10.7. The third-order valence-electron chi connectivity index (χ3n) is 3.13. The Morgan fingerprint density at radius 3 is 2.52 bits per heavy atom. The van der Waals surface area contributed by atoms with Crippen LogP contribution in [0.2, 0.25) is 0 Å². The fourth-order valence-corrected chi connectivity index (χ4v) is 2.08. The summed E-state index contributed by atoms with van der Waals surface area (Å²) in [7, 11) is 0. The first-order valence-corrected chi connectivity index (χ1v) is 8.30. The standard InChI is InChI=1S/C18H19BrN2O2/c1-2-3-12-23-17-10-4-14(5-11-17)13-20-21-18(22)15-6-8-16(19)9-7-15/h4-11,13H,2-3,12H2,1H3,(H,21,22). The predicted octanol–water partition coefficient (Wildman–Crippen LogP) is 4.39. The van der Waals surface area contributed by atoms with Gasteiger partial charge >= 0.3 is 0 Å². The fraction of sp³-hybridized carbons (Fsp3) is 0.222. The number of carbonyl (C=O) groups is 1. The molecular weight excluding hydrogens is 356 g/mol. The Hall–Kier alpha value is -2.14. The van der Waals surface area contributed by atoms with E-state index in [-0.39, 0.29) is 5.91 Å². The van der Waals surface area contributed by atoms with Crippen LogP contribution in [-0.2, 0) is 0 Å². The van der Waals surface area contributed by atoms with Crippen molar-refractivity contribution < 1.29 is 9.53 Å². The Balaban J connectivity index is 1.85. The van der Waals surface area contributed by atoms with Gasteiger partial charge in [0.1, 0.15) is 5.75 Å². The molecule has 0 aliphatic heterocycles. The zero-order chi connectivity index (χ0) is 16.5. The van der Waals surface area contributed by atoms with Crippen LogP contribution in [0.1, 0.15) is 35.7 Å². The van der Waals surface area contributed by atoms with Gasteiger partial charge in [0, 0.05) is 10.0 Å². The summed E-state index contributed by atoms with van der Waals surface area (Å²) in [5, 5.41) is 3.97. The number of benzene rings is 2. The second kappa shape index (κ2) is 9.10. The molecule has 0 atom stereocenters. The highest BCUT2D eigenvalue weighted by Crippen LogP contribution is 2.12. The maximum absolute atomic E-state index is 11.9. The smallest absolute Gasteiger partial charge is 0.271 e. The average Bonchev–Trinajstić information content (AvgIpc) is 2.57. The molecule has 0 aliphatic rings. The van der Waals surface area contributed by atoms with Crippen molar-refractivity contribution in [2.45, 2.75) is 19.8 Å². The molecule has 0 saturated carbocycles. The Labute approximate surface area is 144 Å². The number of ether oxygens (including phenoxy) is 1. The van der Waals surface area contributed by atoms with Crippen LogP contribution in [-0.4, -0.2) is 18.7 Å². The van der Waals surface area contributed by atoms with Gasteiger partial charge in [0.2, 0.25) is 0 Å². The molecule has 4 nitrogen and oxygen atoms in total. The first kappa shape index (κ1) is 17.2. The molecule has 0 unspecified atom stereocenters. The second-order valence-corrected chi connectivity index (χ2v) is 5.89. The van der Waals surface area contributed by atoms with Crippen LogP contribution in [0, 0.1) is 0 Å². The van der Waals surface area contributed by atoms with Gasteiger partial charge in [0.25, 0.3) is 5.91 Å². The van der Waals surface area contributed by atoms with Crippen LogP contribution in [0.25, 0.3) is 0 Å². The first-order chi connectivity index (χ1) is 11.2. The van der Waals surface area contributed by atoms with E-state index in [0.717, 1.165) is 35.2 Å². The topological polar surface area (TPSA) is 50.7 Å². The number of nitrogens with zero attached hydrogens (tertiary/aromatic N) is 1. The lowest BCUT2D eigenvalue weighted by Gasteiger charge is -2.05. The van der Waals surface area contributed by atoms with Crippen LogP contribution >= 0.6 is 15.9 Å². The van der Waals surface area contributed by atoms with Gasteiger partial charge in [-0.2, -0.15) is 5.10 Å². The van der Waals surface area contributed by atoms with Crippen molar-refractivity contribution in [3.8, 4) is 5.75 Å². The lowest BCUT2D eigenvalue weighted by atomic mass is 10.2. The molecule has 0 fully saturated rings. The number of amides is 1. The number of hydrogen-bond donors (Lipinski definition) is 1. The Bertz CT molecular complexity index is 652. The van der Waals surface area contributed by atoms with E-state index in [1.807, 2.05) is 36.4 Å². The van der Waals surface area contributed by atoms with E-state index in [4.69, 9.17) is 4.74 Å². The van der Waals surface area contributed by atoms with Gasteiger partial charge in [0.05, 0.1) is 12.8 Å². The number of hydrazone groups is 1. The Kier molecular flexibility index (Phi) is 6.81. The third kappa shape index (κ3) is 5.87. The number of nitrogens with one attached hydrogen (secondary N) is 1. The molecular formula is C18H19BrN2O2. The molecule has 0 saturated heterocycles.